The molecule has 2 heteroatoms. The number of rotatable bonds is 4. The van der Waals surface area contributed by atoms with Crippen molar-refractivity contribution in [3.05, 3.63) is 48.7 Å². The van der Waals surface area contributed by atoms with E-state index in [4.69, 9.17) is 0 Å². The van der Waals surface area contributed by atoms with Crippen LogP contribution in [-0.2, 0) is 6.42 Å². The van der Waals surface area contributed by atoms with E-state index in [9.17, 15) is 0 Å². The standard InChI is InChI=1S/C17H22N2/c1-2-13-11-18-10-9-14(13)7-8-15-12-19-17-6-4-3-5-16(15)17/h2-6,12-14,18-19H,1,7-11H2/t13-,14?/m1/s1. The summed E-state index contributed by atoms with van der Waals surface area (Å²) in [5, 5.41) is 4.84. The molecule has 1 aromatic heterocycles. The molecule has 1 aromatic carbocycles. The molecule has 1 aliphatic heterocycles. The summed E-state index contributed by atoms with van der Waals surface area (Å²) in [6.07, 6.45) is 8.01. The molecule has 1 unspecified atom stereocenters. The first-order valence-corrected chi connectivity index (χ1v) is 7.27. The summed E-state index contributed by atoms with van der Waals surface area (Å²) < 4.78 is 0. The molecule has 2 nitrogen and oxygen atoms in total. The lowest BCUT2D eigenvalue weighted by Gasteiger charge is -2.30. The Balaban J connectivity index is 1.70. The topological polar surface area (TPSA) is 27.8 Å². The van der Waals surface area contributed by atoms with Crippen molar-refractivity contribution in [2.24, 2.45) is 11.8 Å². The molecule has 2 aromatic rings. The number of nitrogens with one attached hydrogen (secondary N) is 2. The first kappa shape index (κ1) is 12.5. The Hall–Kier alpha value is -1.54. The van der Waals surface area contributed by atoms with Gasteiger partial charge in [0, 0.05) is 23.6 Å². The van der Waals surface area contributed by atoms with E-state index in [1.54, 1.807) is 0 Å². The number of piperidine rings is 1. The Kier molecular flexibility index (Phi) is 3.69. The Morgan fingerprint density at radius 1 is 1.32 bits per heavy atom. The minimum absolute atomic E-state index is 0.638. The van der Waals surface area contributed by atoms with Crippen molar-refractivity contribution in [3.63, 3.8) is 0 Å². The zero-order chi connectivity index (χ0) is 13.1. The van der Waals surface area contributed by atoms with Crippen LogP contribution in [0.5, 0.6) is 0 Å². The van der Waals surface area contributed by atoms with Gasteiger partial charge < -0.3 is 10.3 Å². The summed E-state index contributed by atoms with van der Waals surface area (Å²) >= 11 is 0. The second-order valence-electron chi connectivity index (χ2n) is 5.55. The lowest BCUT2D eigenvalue weighted by molar-refractivity contribution is 0.285. The fourth-order valence-electron chi connectivity index (χ4n) is 3.25. The summed E-state index contributed by atoms with van der Waals surface area (Å²) in [6.45, 7) is 6.24. The van der Waals surface area contributed by atoms with Gasteiger partial charge in [-0.25, -0.2) is 0 Å². The SMILES string of the molecule is C=C[C@@H]1CNCCC1CCc1c[nH]c2ccccc12. The zero-order valence-electron chi connectivity index (χ0n) is 11.4. The summed E-state index contributed by atoms with van der Waals surface area (Å²) in [7, 11) is 0. The molecule has 2 heterocycles. The highest BCUT2D eigenvalue weighted by atomic mass is 14.9. The van der Waals surface area contributed by atoms with Crippen molar-refractivity contribution in [1.29, 1.82) is 0 Å². The molecule has 1 saturated heterocycles. The van der Waals surface area contributed by atoms with Gasteiger partial charge in [-0.1, -0.05) is 24.3 Å². The lowest BCUT2D eigenvalue weighted by Crippen LogP contribution is -2.35. The van der Waals surface area contributed by atoms with Gasteiger partial charge in [0.1, 0.15) is 0 Å². The van der Waals surface area contributed by atoms with E-state index < -0.39 is 0 Å². The third kappa shape index (κ3) is 2.59. The molecule has 1 aliphatic rings. The molecule has 3 rings (SSSR count). The fraction of sp³-hybridized carbons (Fsp3) is 0.412. The lowest BCUT2D eigenvalue weighted by atomic mass is 9.82. The van der Waals surface area contributed by atoms with Crippen LogP contribution >= 0.6 is 0 Å². The van der Waals surface area contributed by atoms with Gasteiger partial charge in [-0.15, -0.1) is 6.58 Å². The van der Waals surface area contributed by atoms with Crippen LogP contribution < -0.4 is 5.32 Å². The first-order chi connectivity index (χ1) is 9.38. The van der Waals surface area contributed by atoms with E-state index in [1.807, 2.05) is 0 Å². The molecule has 0 bridgehead atoms. The molecule has 1 fully saturated rings. The Bertz CT molecular complexity index is 555. The van der Waals surface area contributed by atoms with Gasteiger partial charge in [0.25, 0.3) is 0 Å². The minimum atomic E-state index is 0.638. The third-order valence-electron chi connectivity index (χ3n) is 4.44. The van der Waals surface area contributed by atoms with E-state index in [0.29, 0.717) is 5.92 Å². The molecule has 0 saturated carbocycles. The smallest absolute Gasteiger partial charge is 0.0456 e. The highest BCUT2D eigenvalue weighted by Crippen LogP contribution is 2.27. The number of fused-ring (bicyclic) bond motifs is 1. The Morgan fingerprint density at radius 2 is 2.21 bits per heavy atom. The molecule has 100 valence electrons. The summed E-state index contributed by atoms with van der Waals surface area (Å²) in [6, 6.07) is 8.57. The summed E-state index contributed by atoms with van der Waals surface area (Å²) in [5.74, 6) is 1.42. The van der Waals surface area contributed by atoms with E-state index in [2.05, 4.69) is 53.4 Å². The van der Waals surface area contributed by atoms with E-state index in [0.717, 1.165) is 19.0 Å². The van der Waals surface area contributed by atoms with Crippen molar-refractivity contribution in [2.75, 3.05) is 13.1 Å². The number of H-pyrrole nitrogens is 1. The van der Waals surface area contributed by atoms with Crippen LogP contribution in [0, 0.1) is 11.8 Å². The van der Waals surface area contributed by atoms with Crippen molar-refractivity contribution >= 4 is 10.9 Å². The van der Waals surface area contributed by atoms with Crippen molar-refractivity contribution in [3.8, 4) is 0 Å². The van der Waals surface area contributed by atoms with Crippen molar-refractivity contribution in [1.82, 2.24) is 10.3 Å². The maximum absolute atomic E-state index is 3.98. The molecule has 2 atom stereocenters. The fourth-order valence-corrected chi connectivity index (χ4v) is 3.25. The molecule has 19 heavy (non-hydrogen) atoms. The molecular weight excluding hydrogens is 232 g/mol. The van der Waals surface area contributed by atoms with Gasteiger partial charge in [-0.05, 0) is 49.3 Å². The average Bonchev–Trinajstić information content (AvgIpc) is 2.89. The highest BCUT2D eigenvalue weighted by Gasteiger charge is 2.22. The zero-order valence-corrected chi connectivity index (χ0v) is 11.4. The second-order valence-corrected chi connectivity index (χ2v) is 5.55. The quantitative estimate of drug-likeness (QED) is 0.803. The number of hydrogen-bond acceptors (Lipinski definition) is 1. The predicted octanol–water partition coefficient (Wildman–Crippen LogP) is 3.51. The normalized spacial score (nSPS) is 23.6. The largest absolute Gasteiger partial charge is 0.361 e. The van der Waals surface area contributed by atoms with Gasteiger partial charge >= 0.3 is 0 Å². The molecular formula is C17H22N2. The number of hydrogen-bond donors (Lipinski definition) is 2. The molecule has 2 N–H and O–H groups in total. The van der Waals surface area contributed by atoms with Crippen molar-refractivity contribution < 1.29 is 0 Å². The third-order valence-corrected chi connectivity index (χ3v) is 4.44. The number of para-hydroxylation sites is 1. The van der Waals surface area contributed by atoms with Crippen LogP contribution in [0.3, 0.4) is 0 Å². The van der Waals surface area contributed by atoms with Crippen LogP contribution in [0.4, 0.5) is 0 Å². The predicted molar refractivity (Wildman–Crippen MR) is 81.3 cm³/mol. The van der Waals surface area contributed by atoms with Crippen LogP contribution in [-0.4, -0.2) is 18.1 Å². The Morgan fingerprint density at radius 3 is 3.11 bits per heavy atom. The van der Waals surface area contributed by atoms with Crippen LogP contribution in [0.25, 0.3) is 10.9 Å². The second kappa shape index (κ2) is 5.62. The maximum atomic E-state index is 3.98. The summed E-state index contributed by atoms with van der Waals surface area (Å²) in [4.78, 5) is 3.37. The molecule has 0 amide bonds. The highest BCUT2D eigenvalue weighted by molar-refractivity contribution is 5.82. The van der Waals surface area contributed by atoms with Crippen LogP contribution in [0.2, 0.25) is 0 Å². The monoisotopic (exact) mass is 254 g/mol. The van der Waals surface area contributed by atoms with Gasteiger partial charge in [0.15, 0.2) is 0 Å². The number of aromatic amines is 1. The van der Waals surface area contributed by atoms with Crippen LogP contribution in [0.15, 0.2) is 43.1 Å². The van der Waals surface area contributed by atoms with Gasteiger partial charge in [-0.2, -0.15) is 0 Å². The maximum Gasteiger partial charge on any atom is 0.0456 e. The molecule has 0 radical (unpaired) electrons. The van der Waals surface area contributed by atoms with Crippen LogP contribution in [0.1, 0.15) is 18.4 Å². The van der Waals surface area contributed by atoms with Gasteiger partial charge in [0.2, 0.25) is 0 Å². The van der Waals surface area contributed by atoms with E-state index in [1.165, 1.54) is 35.7 Å². The van der Waals surface area contributed by atoms with Gasteiger partial charge in [-0.3, -0.25) is 0 Å². The first-order valence-electron chi connectivity index (χ1n) is 7.27. The summed E-state index contributed by atoms with van der Waals surface area (Å²) in [5.41, 5.74) is 2.71. The number of aromatic nitrogens is 1. The number of aryl methyl sites for hydroxylation is 1. The average molecular weight is 254 g/mol. The minimum Gasteiger partial charge on any atom is -0.361 e. The van der Waals surface area contributed by atoms with Gasteiger partial charge in [0.05, 0.1) is 0 Å². The van der Waals surface area contributed by atoms with E-state index in [-0.39, 0.29) is 0 Å². The number of benzene rings is 1. The van der Waals surface area contributed by atoms with E-state index >= 15 is 0 Å². The molecule has 0 aliphatic carbocycles. The van der Waals surface area contributed by atoms with Crippen molar-refractivity contribution in [2.45, 2.75) is 19.3 Å². The Labute approximate surface area is 114 Å². The molecule has 0 spiro atoms.